The Morgan fingerprint density at radius 2 is 1.20 bits per heavy atom. The van der Waals surface area contributed by atoms with E-state index in [9.17, 15) is 0 Å². The molecule has 0 saturated heterocycles. The van der Waals surface area contributed by atoms with Crippen molar-refractivity contribution >= 4 is 8.32 Å². The van der Waals surface area contributed by atoms with E-state index < -0.39 is 8.32 Å². The maximum absolute atomic E-state index is 6.54. The molecule has 0 radical (unpaired) electrons. The highest BCUT2D eigenvalue weighted by Gasteiger charge is 2.66. The summed E-state index contributed by atoms with van der Waals surface area (Å²) in [6.45, 7) is 15.4. The maximum atomic E-state index is 6.54. The van der Waals surface area contributed by atoms with Gasteiger partial charge in [-0.15, -0.1) is 0 Å². The van der Waals surface area contributed by atoms with Crippen molar-refractivity contribution in [1.29, 1.82) is 0 Å². The van der Waals surface area contributed by atoms with Crippen LogP contribution in [0.1, 0.15) is 66.2 Å². The van der Waals surface area contributed by atoms with E-state index in [4.69, 9.17) is 4.43 Å². The van der Waals surface area contributed by atoms with Gasteiger partial charge in [0.1, 0.15) is 0 Å². The third kappa shape index (κ3) is 3.91. The summed E-state index contributed by atoms with van der Waals surface area (Å²) in [4.78, 5) is 0. The summed E-state index contributed by atoms with van der Waals surface area (Å²) in [6.07, 6.45) is 14.4. The van der Waals surface area contributed by atoms with Crippen LogP contribution in [0.25, 0.3) is 0 Å². The molecule has 168 valence electrons. The minimum absolute atomic E-state index is 0.355. The Bertz CT molecular complexity index is 719. The zero-order chi connectivity index (χ0) is 21.0. The molecular weight excluding hydrogens is 380 g/mol. The van der Waals surface area contributed by atoms with Gasteiger partial charge >= 0.3 is 0 Å². The fraction of sp³-hybridized carbons (Fsp3) is 0.929. The average molecular weight is 427 g/mol. The summed E-state index contributed by atoms with van der Waals surface area (Å²) in [5.41, 5.74) is 0. The minimum Gasteiger partial charge on any atom is -0.417 e. The number of hydrogen-bond acceptors (Lipinski definition) is 1. The van der Waals surface area contributed by atoms with E-state index in [1.165, 1.54) is 19.3 Å². The van der Waals surface area contributed by atoms with Crippen LogP contribution in [0.15, 0.2) is 12.2 Å². The molecule has 0 aliphatic heterocycles. The molecule has 6 aliphatic carbocycles. The highest BCUT2D eigenvalue weighted by atomic mass is 28.4. The maximum Gasteiger partial charge on any atom is 0.191 e. The highest BCUT2D eigenvalue weighted by molar-refractivity contribution is 6.74. The van der Waals surface area contributed by atoms with Gasteiger partial charge in [-0.25, -0.2) is 0 Å². The fourth-order valence-corrected chi connectivity index (χ4v) is 8.10. The summed E-state index contributed by atoms with van der Waals surface area (Å²) in [7, 11) is -1.55. The van der Waals surface area contributed by atoms with Crippen LogP contribution >= 0.6 is 0 Å². The lowest BCUT2D eigenvalue weighted by atomic mass is 10.1. The molecule has 0 spiro atoms. The number of allylic oxidation sites excluding steroid dienone is 2. The molecule has 6 rings (SSSR count). The van der Waals surface area contributed by atoms with E-state index in [0.29, 0.717) is 5.04 Å². The molecule has 0 N–H and O–H groups in total. The van der Waals surface area contributed by atoms with Crippen LogP contribution < -0.4 is 0 Å². The van der Waals surface area contributed by atoms with Crippen molar-refractivity contribution in [2.75, 3.05) is 6.61 Å². The molecule has 6 aliphatic rings. The Morgan fingerprint density at radius 3 is 1.73 bits per heavy atom. The zero-order valence-corrected chi connectivity index (χ0v) is 21.4. The Labute approximate surface area is 186 Å². The predicted molar refractivity (Wildman–Crippen MR) is 128 cm³/mol. The Balaban J connectivity index is 0.901. The summed E-state index contributed by atoms with van der Waals surface area (Å²) < 4.78 is 6.54. The van der Waals surface area contributed by atoms with Crippen molar-refractivity contribution < 1.29 is 4.43 Å². The van der Waals surface area contributed by atoms with Gasteiger partial charge in [-0.05, 0) is 128 Å². The standard InChI is InChI=1S/C28H46OSi/c1-16-9-17(16)7-8-18-10-20(18)22-12-24(22)26-14-27(26)25-13-23(25)21-11-19(21)15-29-30(5,6)28(2,3)4/h7-8,16-27H,9-15H2,1-6H3/b8-7+/t16-,17-,18-,19+,20-,21-,22+,23+,24-,25-,26+,27+/m1/s1. The second-order valence-electron chi connectivity index (χ2n) is 14.2. The van der Waals surface area contributed by atoms with Crippen LogP contribution in [0.3, 0.4) is 0 Å². The molecular formula is C28H46OSi. The minimum atomic E-state index is -1.55. The van der Waals surface area contributed by atoms with Gasteiger partial charge in [0.15, 0.2) is 8.32 Å². The highest BCUT2D eigenvalue weighted by Crippen LogP contribution is 2.72. The molecule has 0 aromatic heterocycles. The van der Waals surface area contributed by atoms with Gasteiger partial charge in [0, 0.05) is 6.61 Å². The largest absolute Gasteiger partial charge is 0.417 e. The molecule has 30 heavy (non-hydrogen) atoms. The fourth-order valence-electron chi connectivity index (χ4n) is 7.03. The van der Waals surface area contributed by atoms with Crippen molar-refractivity contribution in [1.82, 2.24) is 0 Å². The summed E-state index contributed by atoms with van der Waals surface area (Å²) in [5.74, 6) is 12.8. The number of hydrogen-bond donors (Lipinski definition) is 0. The molecule has 6 saturated carbocycles. The van der Waals surface area contributed by atoms with Gasteiger partial charge in [0.05, 0.1) is 0 Å². The normalized spacial score (nSPS) is 53.7. The Kier molecular flexibility index (Phi) is 4.60. The first kappa shape index (κ1) is 20.5. The lowest BCUT2D eigenvalue weighted by molar-refractivity contribution is 0.261. The molecule has 1 nitrogen and oxygen atoms in total. The first-order chi connectivity index (χ1) is 14.1. The van der Waals surface area contributed by atoms with Gasteiger partial charge in [0.2, 0.25) is 0 Å². The lowest BCUT2D eigenvalue weighted by Crippen LogP contribution is -2.41. The van der Waals surface area contributed by atoms with E-state index >= 15 is 0 Å². The zero-order valence-electron chi connectivity index (χ0n) is 20.4. The molecule has 0 amide bonds. The first-order valence-electron chi connectivity index (χ1n) is 13.5. The Hall–Kier alpha value is -0.0831. The summed E-state index contributed by atoms with van der Waals surface area (Å²) >= 11 is 0. The predicted octanol–water partition coefficient (Wildman–Crippen LogP) is 7.40. The van der Waals surface area contributed by atoms with Crippen molar-refractivity contribution in [3.8, 4) is 0 Å². The van der Waals surface area contributed by atoms with E-state index in [-0.39, 0.29) is 0 Å². The van der Waals surface area contributed by atoms with Crippen LogP contribution in [0, 0.1) is 71.0 Å². The van der Waals surface area contributed by atoms with E-state index in [2.05, 4.69) is 52.9 Å². The molecule has 12 atom stereocenters. The van der Waals surface area contributed by atoms with E-state index in [1.807, 2.05) is 0 Å². The van der Waals surface area contributed by atoms with Crippen molar-refractivity contribution in [3.63, 3.8) is 0 Å². The van der Waals surface area contributed by atoms with Gasteiger partial charge in [-0.1, -0.05) is 39.8 Å². The molecule has 0 heterocycles. The van der Waals surface area contributed by atoms with Crippen molar-refractivity contribution in [2.45, 2.75) is 84.4 Å². The van der Waals surface area contributed by atoms with E-state index in [0.717, 1.165) is 77.6 Å². The van der Waals surface area contributed by atoms with E-state index in [1.54, 1.807) is 19.3 Å². The average Bonchev–Trinajstić information content (AvgIpc) is 3.45. The van der Waals surface area contributed by atoms with Gasteiger partial charge in [-0.3, -0.25) is 0 Å². The van der Waals surface area contributed by atoms with Crippen molar-refractivity contribution in [2.24, 2.45) is 71.0 Å². The summed E-state index contributed by atoms with van der Waals surface area (Å²) in [5, 5.41) is 0.355. The monoisotopic (exact) mass is 426 g/mol. The number of rotatable bonds is 9. The smallest absolute Gasteiger partial charge is 0.191 e. The topological polar surface area (TPSA) is 9.23 Å². The van der Waals surface area contributed by atoms with Gasteiger partial charge in [-0.2, -0.15) is 0 Å². The summed E-state index contributed by atoms with van der Waals surface area (Å²) in [6, 6.07) is 0. The lowest BCUT2D eigenvalue weighted by Gasteiger charge is -2.36. The third-order valence-electron chi connectivity index (χ3n) is 11.0. The third-order valence-corrected chi connectivity index (χ3v) is 15.5. The van der Waals surface area contributed by atoms with Crippen LogP contribution in [-0.2, 0) is 4.43 Å². The second kappa shape index (κ2) is 6.72. The van der Waals surface area contributed by atoms with Crippen LogP contribution in [0.5, 0.6) is 0 Å². The molecule has 0 bridgehead atoms. The quantitative estimate of drug-likeness (QED) is 0.276. The van der Waals surface area contributed by atoms with Crippen LogP contribution in [0.4, 0.5) is 0 Å². The van der Waals surface area contributed by atoms with Gasteiger partial charge < -0.3 is 4.43 Å². The first-order valence-corrected chi connectivity index (χ1v) is 16.4. The van der Waals surface area contributed by atoms with Crippen molar-refractivity contribution in [3.05, 3.63) is 12.2 Å². The van der Waals surface area contributed by atoms with Gasteiger partial charge in [0.25, 0.3) is 0 Å². The molecule has 0 unspecified atom stereocenters. The molecule has 6 fully saturated rings. The van der Waals surface area contributed by atoms with Crippen LogP contribution in [0.2, 0.25) is 18.1 Å². The SMILES string of the molecule is C[C@@H]1C[C@H]1/C=C/[C@@H]1C[C@H]1[C@@H]1C[C@H]1[C@@H]1C[C@H]1[C@@H]1C[C@H]1[C@@H]1C[C@H]1CO[Si](C)(C)C(C)(C)C. The van der Waals surface area contributed by atoms with Crippen LogP contribution in [-0.4, -0.2) is 14.9 Å². The molecule has 2 heteroatoms. The molecule has 0 aromatic rings. The molecule has 0 aromatic carbocycles. The second-order valence-corrected chi connectivity index (χ2v) is 19.1. The Morgan fingerprint density at radius 1 is 0.700 bits per heavy atom.